The molecular formula is C43H58N4O12. The van der Waals surface area contributed by atoms with Crippen molar-refractivity contribution in [1.82, 2.24) is 9.91 Å². The van der Waals surface area contributed by atoms with Crippen LogP contribution < -0.4 is 10.1 Å². The van der Waals surface area contributed by atoms with Crippen LogP contribution in [-0.4, -0.2) is 130 Å². The number of Topliss-reactive ketones (excluding diaryl/α,β-unsaturated/α-hetero) is 1. The minimum absolute atomic E-state index is 0.0559. The number of carbonyl (C=O) groups excluding carboxylic acids is 3. The topological polar surface area (TPSA) is 220 Å². The number of anilines is 1. The molecule has 2 aromatic rings. The van der Waals surface area contributed by atoms with Crippen molar-refractivity contribution >= 4 is 40.3 Å². The molecule has 2 aromatic carbocycles. The number of allylic oxidation sites excluding steroid dienone is 2. The number of aliphatic hydroxyl groups is 2. The minimum atomic E-state index is -2.04. The monoisotopic (exact) mass is 822 g/mol. The molecule has 0 aliphatic carbocycles. The van der Waals surface area contributed by atoms with Crippen molar-refractivity contribution < 1.29 is 58.9 Å². The van der Waals surface area contributed by atoms with Crippen LogP contribution in [0.2, 0.25) is 0 Å². The van der Waals surface area contributed by atoms with Crippen LogP contribution in [0.1, 0.15) is 70.0 Å². The second-order valence-electron chi connectivity index (χ2n) is 16.1. The smallest absolute Gasteiger partial charge is 0.312 e. The van der Waals surface area contributed by atoms with Crippen LogP contribution in [0, 0.1) is 30.6 Å². The van der Waals surface area contributed by atoms with Gasteiger partial charge >= 0.3 is 11.8 Å². The maximum atomic E-state index is 14.4. The Labute approximate surface area is 344 Å². The number of likely N-dealkylation sites (N-methyl/N-ethyl adjacent to an activating group) is 1. The number of benzene rings is 2. The van der Waals surface area contributed by atoms with E-state index in [0.717, 1.165) is 13.1 Å². The van der Waals surface area contributed by atoms with Crippen molar-refractivity contribution in [3.8, 4) is 23.0 Å². The fourth-order valence-electron chi connectivity index (χ4n) is 7.92. The zero-order chi connectivity index (χ0) is 43.7. The Morgan fingerprint density at radius 2 is 1.61 bits per heavy atom. The van der Waals surface area contributed by atoms with Gasteiger partial charge in [-0.1, -0.05) is 45.9 Å². The first-order valence-electron chi connectivity index (χ1n) is 19.8. The highest BCUT2D eigenvalue weighted by Gasteiger charge is 2.50. The summed E-state index contributed by atoms with van der Waals surface area (Å²) in [6, 6.07) is 0. The van der Waals surface area contributed by atoms with E-state index in [1.807, 2.05) is 7.05 Å². The van der Waals surface area contributed by atoms with Crippen LogP contribution in [0.5, 0.6) is 23.0 Å². The molecule has 0 saturated carbocycles. The second-order valence-corrected chi connectivity index (χ2v) is 16.1. The fraction of sp³-hybridized carbons (Fsp3) is 0.535. The molecular weight excluding hydrogens is 764 g/mol. The lowest BCUT2D eigenvalue weighted by Crippen LogP contribution is -2.46. The molecule has 16 nitrogen and oxygen atoms in total. The molecule has 0 unspecified atom stereocenters. The van der Waals surface area contributed by atoms with Crippen LogP contribution >= 0.6 is 0 Å². The Kier molecular flexibility index (Phi) is 13.7. The highest BCUT2D eigenvalue weighted by Crippen LogP contribution is 2.55. The largest absolute Gasteiger partial charge is 0.507 e. The van der Waals surface area contributed by atoms with Gasteiger partial charge in [-0.3, -0.25) is 19.4 Å². The summed E-state index contributed by atoms with van der Waals surface area (Å²) in [6.07, 6.45) is 4.86. The third-order valence-electron chi connectivity index (χ3n) is 11.9. The second kappa shape index (κ2) is 18.0. The van der Waals surface area contributed by atoms with Crippen molar-refractivity contribution in [3.63, 3.8) is 0 Å². The van der Waals surface area contributed by atoms with Crippen molar-refractivity contribution in [2.24, 2.45) is 28.8 Å². The Hall–Kier alpha value is -5.16. The first-order valence-corrected chi connectivity index (χ1v) is 19.8. The number of hydrazone groups is 1. The van der Waals surface area contributed by atoms with Gasteiger partial charge in [0.1, 0.15) is 23.4 Å². The van der Waals surface area contributed by atoms with Gasteiger partial charge in [-0.05, 0) is 27.0 Å². The van der Waals surface area contributed by atoms with Crippen LogP contribution in [0.15, 0.2) is 41.2 Å². The van der Waals surface area contributed by atoms with Gasteiger partial charge in [0, 0.05) is 87.3 Å². The number of ether oxygens (including phenoxy) is 4. The quantitative estimate of drug-likeness (QED) is 0.109. The van der Waals surface area contributed by atoms with Gasteiger partial charge < -0.3 is 54.7 Å². The zero-order valence-corrected chi connectivity index (χ0v) is 35.3. The molecule has 9 atom stereocenters. The van der Waals surface area contributed by atoms with Crippen molar-refractivity contribution in [2.75, 3.05) is 45.7 Å². The third kappa shape index (κ3) is 8.91. The number of nitrogens with zero attached hydrogens (tertiary/aromatic N) is 3. The number of amides is 1. The van der Waals surface area contributed by atoms with E-state index in [-0.39, 0.29) is 44.5 Å². The van der Waals surface area contributed by atoms with Gasteiger partial charge in [-0.25, -0.2) is 0 Å². The number of esters is 1. The number of hydrogen-bond acceptors (Lipinski definition) is 15. The minimum Gasteiger partial charge on any atom is -0.507 e. The lowest BCUT2D eigenvalue weighted by molar-refractivity contribution is -0.160. The molecule has 4 aliphatic heterocycles. The number of fused-ring (bicyclic) bond motifs is 14. The maximum absolute atomic E-state index is 14.4. The lowest BCUT2D eigenvalue weighted by atomic mass is 9.78. The molecule has 322 valence electrons. The van der Waals surface area contributed by atoms with Gasteiger partial charge in [-0.15, -0.1) is 0 Å². The number of nitrogens with one attached hydrogen (secondary N) is 1. The SMILES string of the molecule is CO[C@H]1/C=C\O[C@@]2(C)Oc3c(C)c(O)c4c(O)c(c(/C=N/N5CCN(C)CC5)c(O)c4c3C2=O)NC(=O)C(C)=C/C=C\[C@H](C)[C@H](O)[C@@H](C)[C@@H](O)[C@@H](C)[C@H](OC(C)=O)[C@@H]1C. The van der Waals surface area contributed by atoms with E-state index in [0.29, 0.717) is 13.1 Å². The highest BCUT2D eigenvalue weighted by molar-refractivity contribution is 6.23. The van der Waals surface area contributed by atoms with E-state index in [9.17, 15) is 39.9 Å². The average Bonchev–Trinajstić information content (AvgIpc) is 3.46. The number of ketones is 1. The van der Waals surface area contributed by atoms with Gasteiger partial charge in [0.05, 0.1) is 53.0 Å². The van der Waals surface area contributed by atoms with Crippen LogP contribution in [0.25, 0.3) is 10.8 Å². The number of piperazine rings is 1. The molecule has 6 rings (SSSR count). The number of aromatic hydroxyl groups is 3. The molecule has 0 aromatic heterocycles. The standard InChI is InChI=1S/C43H58N4O12/c1-21-12-11-13-22(2)42(55)45-33-28(20-44-47-17-15-46(9)16-18-47)37(52)30-31(38(33)53)36(51)26(6)40-32(30)41(54)43(8,59-40)57-19-14-29(56-10)23(3)39(58-27(7)48)25(5)35(50)24(4)34(21)49/h11-14,19-21,23-25,29,34-35,39,49-53H,15-18H2,1-10H3,(H,45,55)/b12-11-,19-14-,22-13?,44-20+/t21-,23+,24+,25+,29-,34-,35+,39+,43-/m0/s1. The average molecular weight is 823 g/mol. The number of rotatable bonds is 4. The molecule has 16 heteroatoms. The fourth-order valence-corrected chi connectivity index (χ4v) is 7.92. The van der Waals surface area contributed by atoms with E-state index < -0.39 is 88.8 Å². The summed E-state index contributed by atoms with van der Waals surface area (Å²) in [7, 11) is 3.42. The number of carbonyl (C=O) groups is 3. The lowest BCUT2D eigenvalue weighted by Gasteiger charge is -2.38. The summed E-state index contributed by atoms with van der Waals surface area (Å²) < 4.78 is 23.6. The number of aliphatic hydroxyl groups excluding tert-OH is 2. The summed E-state index contributed by atoms with van der Waals surface area (Å²) in [5.41, 5.74) is -0.350. The maximum Gasteiger partial charge on any atom is 0.312 e. The predicted molar refractivity (Wildman–Crippen MR) is 220 cm³/mol. The molecule has 59 heavy (non-hydrogen) atoms. The van der Waals surface area contributed by atoms with Crippen molar-refractivity contribution in [2.45, 2.75) is 85.6 Å². The number of methoxy groups -OCH3 is 1. The molecule has 5 bridgehead atoms. The Balaban J connectivity index is 1.70. The molecule has 0 radical (unpaired) electrons. The number of hydrogen-bond donors (Lipinski definition) is 6. The predicted octanol–water partition coefficient (Wildman–Crippen LogP) is 4.34. The Morgan fingerprint density at radius 3 is 2.24 bits per heavy atom. The molecule has 6 N–H and O–H groups in total. The summed E-state index contributed by atoms with van der Waals surface area (Å²) in [4.78, 5) is 42.6. The first-order chi connectivity index (χ1) is 27.7. The van der Waals surface area contributed by atoms with E-state index >= 15 is 0 Å². The summed E-state index contributed by atoms with van der Waals surface area (Å²) in [5.74, 6) is -8.34. The molecule has 1 fully saturated rings. The van der Waals surface area contributed by atoms with Crippen LogP contribution in [-0.2, 0) is 23.8 Å². The zero-order valence-electron chi connectivity index (χ0n) is 35.3. The van der Waals surface area contributed by atoms with Gasteiger partial charge in [-0.2, -0.15) is 5.10 Å². The number of phenols is 3. The molecule has 1 amide bonds. The highest BCUT2D eigenvalue weighted by atomic mass is 16.7. The van der Waals surface area contributed by atoms with E-state index in [1.54, 1.807) is 44.9 Å². The molecule has 4 aliphatic rings. The van der Waals surface area contributed by atoms with Gasteiger partial charge in [0.15, 0.2) is 5.75 Å². The van der Waals surface area contributed by atoms with Crippen LogP contribution in [0.4, 0.5) is 5.69 Å². The molecule has 0 spiro atoms. The summed E-state index contributed by atoms with van der Waals surface area (Å²) in [5, 5.41) is 66.8. The summed E-state index contributed by atoms with van der Waals surface area (Å²) in [6.45, 7) is 15.1. The van der Waals surface area contributed by atoms with E-state index in [2.05, 4.69) is 15.3 Å². The first kappa shape index (κ1) is 44.9. The normalized spacial score (nSPS) is 31.2. The van der Waals surface area contributed by atoms with E-state index in [4.69, 9.17) is 18.9 Å². The van der Waals surface area contributed by atoms with Gasteiger partial charge in [0.25, 0.3) is 11.7 Å². The van der Waals surface area contributed by atoms with E-state index in [1.165, 1.54) is 59.4 Å². The van der Waals surface area contributed by atoms with Gasteiger partial charge in [0.2, 0.25) is 0 Å². The van der Waals surface area contributed by atoms with Crippen molar-refractivity contribution in [1.29, 1.82) is 0 Å². The van der Waals surface area contributed by atoms with Crippen LogP contribution in [0.3, 0.4) is 0 Å². The molecule has 1 saturated heterocycles. The Bertz CT molecular complexity index is 2070. The number of phenolic OH excluding ortho intramolecular Hbond substituents is 3. The third-order valence-corrected chi connectivity index (χ3v) is 11.9. The summed E-state index contributed by atoms with van der Waals surface area (Å²) >= 11 is 0. The molecule has 4 heterocycles. The Morgan fingerprint density at radius 1 is 0.949 bits per heavy atom. The van der Waals surface area contributed by atoms with Crippen molar-refractivity contribution in [3.05, 3.63) is 52.8 Å².